The zero-order chi connectivity index (χ0) is 11.6. The van der Waals surface area contributed by atoms with E-state index in [0.29, 0.717) is 0 Å². The highest BCUT2D eigenvalue weighted by Crippen LogP contribution is 2.09. The quantitative estimate of drug-likeness (QED) is 0.601. The number of nitrogens with one attached hydrogen (secondary N) is 2. The van der Waals surface area contributed by atoms with E-state index in [1.165, 1.54) is 10.9 Å². The second-order valence-electron chi connectivity index (χ2n) is 3.49. The zero-order valence-corrected chi connectivity index (χ0v) is 9.57. The molecule has 0 spiro atoms. The normalized spacial score (nSPS) is 9.31. The van der Waals surface area contributed by atoms with E-state index in [4.69, 9.17) is 0 Å². The predicted molar refractivity (Wildman–Crippen MR) is 67.3 cm³/mol. The maximum atomic E-state index is 9.57. The van der Waals surface area contributed by atoms with E-state index in [1.54, 1.807) is 0 Å². The van der Waals surface area contributed by atoms with Crippen molar-refractivity contribution in [2.75, 3.05) is 6.54 Å². The van der Waals surface area contributed by atoms with Crippen LogP contribution in [0.5, 0.6) is 0 Å². The average Bonchev–Trinajstić information content (AvgIpc) is 2.78. The van der Waals surface area contributed by atoms with Crippen LogP contribution in [0, 0.1) is 0 Å². The van der Waals surface area contributed by atoms with Crippen molar-refractivity contribution < 1.29 is 4.79 Å². The number of aromatic nitrogens is 1. The molecule has 2 aromatic rings. The van der Waals surface area contributed by atoms with Crippen LogP contribution in [-0.4, -0.2) is 17.9 Å². The number of amides is 1. The highest BCUT2D eigenvalue weighted by atomic mass is 16.1. The minimum absolute atomic E-state index is 0.732. The number of hydrogen-bond donors (Lipinski definition) is 2. The van der Waals surface area contributed by atoms with Crippen molar-refractivity contribution in [3.8, 4) is 0 Å². The molecule has 86 valence electrons. The SMILES string of the molecule is CCCCNC=O.c1ccc2[nH]ccc2c1. The van der Waals surface area contributed by atoms with Gasteiger partial charge in [0.05, 0.1) is 0 Å². The van der Waals surface area contributed by atoms with Gasteiger partial charge in [-0.15, -0.1) is 0 Å². The number of unbranched alkanes of at least 4 members (excludes halogenated alkanes) is 1. The lowest BCUT2D eigenvalue weighted by atomic mass is 10.3. The van der Waals surface area contributed by atoms with Crippen LogP contribution in [0.2, 0.25) is 0 Å². The molecule has 16 heavy (non-hydrogen) atoms. The Bertz CT molecular complexity index is 379. The number of para-hydroxylation sites is 1. The maximum Gasteiger partial charge on any atom is 0.207 e. The van der Waals surface area contributed by atoms with Gasteiger partial charge >= 0.3 is 0 Å². The molecular formula is C13H18N2O. The van der Waals surface area contributed by atoms with Gasteiger partial charge in [0, 0.05) is 18.3 Å². The van der Waals surface area contributed by atoms with Crippen LogP contribution in [0.3, 0.4) is 0 Å². The molecule has 0 saturated carbocycles. The lowest BCUT2D eigenvalue weighted by Gasteiger charge is -1.90. The van der Waals surface area contributed by atoms with Crippen LogP contribution in [0.15, 0.2) is 36.5 Å². The summed E-state index contributed by atoms with van der Waals surface area (Å²) >= 11 is 0. The molecule has 2 N–H and O–H groups in total. The Labute approximate surface area is 95.9 Å². The van der Waals surface area contributed by atoms with Crippen LogP contribution in [0.25, 0.3) is 10.9 Å². The van der Waals surface area contributed by atoms with E-state index in [-0.39, 0.29) is 0 Å². The minimum atomic E-state index is 0.732. The first-order chi connectivity index (χ1) is 7.88. The molecule has 0 atom stereocenters. The van der Waals surface area contributed by atoms with E-state index >= 15 is 0 Å². The Hall–Kier alpha value is -1.77. The van der Waals surface area contributed by atoms with Gasteiger partial charge in [0.15, 0.2) is 0 Å². The number of fused-ring (bicyclic) bond motifs is 1. The fraction of sp³-hybridized carbons (Fsp3) is 0.308. The average molecular weight is 218 g/mol. The molecule has 0 radical (unpaired) electrons. The van der Waals surface area contributed by atoms with E-state index in [9.17, 15) is 4.79 Å². The Morgan fingerprint density at radius 3 is 2.81 bits per heavy atom. The third kappa shape index (κ3) is 4.17. The third-order valence-electron chi connectivity index (χ3n) is 2.22. The molecule has 0 aliphatic rings. The van der Waals surface area contributed by atoms with Gasteiger partial charge in [-0.2, -0.15) is 0 Å². The molecule has 0 fully saturated rings. The molecule has 0 aliphatic carbocycles. The molecule has 0 bridgehead atoms. The fourth-order valence-electron chi connectivity index (χ4n) is 1.33. The second-order valence-corrected chi connectivity index (χ2v) is 3.49. The van der Waals surface area contributed by atoms with Crippen molar-refractivity contribution in [3.63, 3.8) is 0 Å². The maximum absolute atomic E-state index is 9.57. The monoisotopic (exact) mass is 218 g/mol. The highest BCUT2D eigenvalue weighted by Gasteiger charge is 1.86. The van der Waals surface area contributed by atoms with Crippen LogP contribution < -0.4 is 5.32 Å². The Morgan fingerprint density at radius 1 is 1.31 bits per heavy atom. The van der Waals surface area contributed by atoms with E-state index in [2.05, 4.69) is 35.4 Å². The summed E-state index contributed by atoms with van der Waals surface area (Å²) in [5.74, 6) is 0. The number of H-pyrrole nitrogens is 1. The van der Waals surface area contributed by atoms with Crippen LogP contribution >= 0.6 is 0 Å². The lowest BCUT2D eigenvalue weighted by molar-refractivity contribution is -0.109. The van der Waals surface area contributed by atoms with E-state index in [0.717, 1.165) is 25.8 Å². The highest BCUT2D eigenvalue weighted by molar-refractivity contribution is 5.78. The Morgan fingerprint density at radius 2 is 2.12 bits per heavy atom. The standard InChI is InChI=1S/C8H7N.C5H11NO/c1-2-4-8-7(3-1)5-6-9-8;1-2-3-4-6-5-7/h1-6,9H;5H,2-4H2,1H3,(H,6,7). The summed E-state index contributed by atoms with van der Waals surface area (Å²) < 4.78 is 0. The summed E-state index contributed by atoms with van der Waals surface area (Å²) in [6.45, 7) is 2.91. The van der Waals surface area contributed by atoms with Gasteiger partial charge in [-0.3, -0.25) is 4.79 Å². The molecule has 1 heterocycles. The number of carbonyl (C=O) groups is 1. The topological polar surface area (TPSA) is 44.9 Å². The third-order valence-corrected chi connectivity index (χ3v) is 2.22. The molecule has 1 amide bonds. The summed E-state index contributed by atoms with van der Waals surface area (Å²) in [7, 11) is 0. The summed E-state index contributed by atoms with van der Waals surface area (Å²) in [5.41, 5.74) is 1.21. The van der Waals surface area contributed by atoms with Crippen molar-refractivity contribution in [2.45, 2.75) is 19.8 Å². The Kier molecular flexibility index (Phi) is 5.78. The number of rotatable bonds is 4. The molecule has 1 aromatic carbocycles. The van der Waals surface area contributed by atoms with E-state index in [1.807, 2.05) is 18.3 Å². The smallest absolute Gasteiger partial charge is 0.207 e. The van der Waals surface area contributed by atoms with Crippen LogP contribution in [0.4, 0.5) is 0 Å². The summed E-state index contributed by atoms with van der Waals surface area (Å²) in [5, 5.41) is 3.84. The van der Waals surface area contributed by atoms with Crippen molar-refractivity contribution >= 4 is 17.3 Å². The van der Waals surface area contributed by atoms with Crippen molar-refractivity contribution in [3.05, 3.63) is 36.5 Å². The van der Waals surface area contributed by atoms with Gasteiger partial charge in [-0.1, -0.05) is 31.5 Å². The molecule has 0 unspecified atom stereocenters. The second kappa shape index (κ2) is 7.51. The van der Waals surface area contributed by atoms with Gasteiger partial charge in [0.25, 0.3) is 0 Å². The summed E-state index contributed by atoms with van der Waals surface area (Å²) in [6.07, 6.45) is 4.90. The van der Waals surface area contributed by atoms with Gasteiger partial charge < -0.3 is 10.3 Å². The minimum Gasteiger partial charge on any atom is -0.361 e. The molecular weight excluding hydrogens is 200 g/mol. The lowest BCUT2D eigenvalue weighted by Crippen LogP contribution is -2.11. The first-order valence-corrected chi connectivity index (χ1v) is 5.57. The molecule has 0 aliphatic heterocycles. The van der Waals surface area contributed by atoms with Gasteiger partial charge in [-0.25, -0.2) is 0 Å². The van der Waals surface area contributed by atoms with Crippen LogP contribution in [-0.2, 0) is 4.79 Å². The van der Waals surface area contributed by atoms with Crippen molar-refractivity contribution in [1.82, 2.24) is 10.3 Å². The first kappa shape index (κ1) is 12.3. The number of benzene rings is 1. The predicted octanol–water partition coefficient (Wildman–Crippen LogP) is 2.70. The molecule has 0 saturated heterocycles. The summed E-state index contributed by atoms with van der Waals surface area (Å²) in [4.78, 5) is 12.7. The molecule has 3 heteroatoms. The van der Waals surface area contributed by atoms with Crippen molar-refractivity contribution in [1.29, 1.82) is 0 Å². The molecule has 1 aromatic heterocycles. The Balaban J connectivity index is 0.000000168. The van der Waals surface area contributed by atoms with Gasteiger partial charge in [0.1, 0.15) is 0 Å². The molecule has 3 nitrogen and oxygen atoms in total. The van der Waals surface area contributed by atoms with Gasteiger partial charge in [0.2, 0.25) is 6.41 Å². The largest absolute Gasteiger partial charge is 0.361 e. The number of hydrogen-bond acceptors (Lipinski definition) is 1. The molecule has 2 rings (SSSR count). The fourth-order valence-corrected chi connectivity index (χ4v) is 1.33. The van der Waals surface area contributed by atoms with E-state index < -0.39 is 0 Å². The zero-order valence-electron chi connectivity index (χ0n) is 9.57. The summed E-state index contributed by atoms with van der Waals surface area (Å²) in [6, 6.07) is 10.3. The van der Waals surface area contributed by atoms with Crippen LogP contribution in [0.1, 0.15) is 19.8 Å². The number of aromatic amines is 1. The first-order valence-electron chi connectivity index (χ1n) is 5.57. The van der Waals surface area contributed by atoms with Gasteiger partial charge in [-0.05, 0) is 23.9 Å². The van der Waals surface area contributed by atoms with Crippen molar-refractivity contribution in [2.24, 2.45) is 0 Å². The number of carbonyl (C=O) groups excluding carboxylic acids is 1.